The van der Waals surface area contributed by atoms with Crippen molar-refractivity contribution in [3.8, 4) is 0 Å². The van der Waals surface area contributed by atoms with E-state index in [9.17, 15) is 26.4 Å². The van der Waals surface area contributed by atoms with Crippen LogP contribution in [0.15, 0.2) is 58.8 Å². The topological polar surface area (TPSA) is 88.2 Å². The predicted octanol–water partition coefficient (Wildman–Crippen LogP) is 4.20. The SMILES string of the molecule is Cc1csc(NS(=O)(=O)c2cc(C(F)(F)F)ccc2CNC(=O)c2ccccc2)n1. The average Bonchev–Trinajstić information content (AvgIpc) is 3.09. The van der Waals surface area contributed by atoms with Crippen LogP contribution in [0.25, 0.3) is 0 Å². The summed E-state index contributed by atoms with van der Waals surface area (Å²) >= 11 is 1.01. The van der Waals surface area contributed by atoms with Gasteiger partial charge in [-0.15, -0.1) is 11.3 Å². The van der Waals surface area contributed by atoms with E-state index in [1.807, 2.05) is 0 Å². The summed E-state index contributed by atoms with van der Waals surface area (Å²) in [5, 5.41) is 4.16. The van der Waals surface area contributed by atoms with Gasteiger partial charge in [-0.1, -0.05) is 24.3 Å². The standard InChI is InChI=1S/C19H16F3N3O3S2/c1-12-11-29-18(24-12)25-30(27,28)16-9-15(19(20,21)22)8-7-14(16)10-23-17(26)13-5-3-2-4-6-13/h2-9,11H,10H2,1H3,(H,23,26)(H,24,25). The fraction of sp³-hybridized carbons (Fsp3) is 0.158. The summed E-state index contributed by atoms with van der Waals surface area (Å²) in [5.41, 5.74) is -0.202. The number of rotatable bonds is 6. The summed E-state index contributed by atoms with van der Waals surface area (Å²) in [6, 6.07) is 10.5. The van der Waals surface area contributed by atoms with E-state index in [1.165, 1.54) is 0 Å². The van der Waals surface area contributed by atoms with Gasteiger partial charge in [0, 0.05) is 17.5 Å². The first-order valence-electron chi connectivity index (χ1n) is 8.54. The molecule has 3 rings (SSSR count). The second-order valence-corrected chi connectivity index (χ2v) is 8.78. The maximum absolute atomic E-state index is 13.2. The zero-order valence-corrected chi connectivity index (χ0v) is 17.2. The van der Waals surface area contributed by atoms with Crippen LogP contribution in [0.4, 0.5) is 18.3 Å². The summed E-state index contributed by atoms with van der Waals surface area (Å²) in [4.78, 5) is 15.6. The van der Waals surface area contributed by atoms with Crippen molar-refractivity contribution in [1.29, 1.82) is 0 Å². The van der Waals surface area contributed by atoms with Crippen molar-refractivity contribution in [2.75, 3.05) is 4.72 Å². The molecular weight excluding hydrogens is 439 g/mol. The largest absolute Gasteiger partial charge is 0.416 e. The van der Waals surface area contributed by atoms with Crippen LogP contribution in [-0.2, 0) is 22.7 Å². The average molecular weight is 455 g/mol. The number of nitrogens with zero attached hydrogens (tertiary/aromatic N) is 1. The number of anilines is 1. The van der Waals surface area contributed by atoms with Crippen molar-refractivity contribution < 1.29 is 26.4 Å². The van der Waals surface area contributed by atoms with Crippen molar-refractivity contribution >= 4 is 32.4 Å². The van der Waals surface area contributed by atoms with E-state index in [0.29, 0.717) is 17.3 Å². The molecule has 2 N–H and O–H groups in total. The molecule has 1 amide bonds. The van der Waals surface area contributed by atoms with Crippen LogP contribution >= 0.6 is 11.3 Å². The second-order valence-electron chi connectivity index (χ2n) is 6.27. The van der Waals surface area contributed by atoms with Gasteiger partial charge in [0.05, 0.1) is 16.2 Å². The summed E-state index contributed by atoms with van der Waals surface area (Å²) in [6.07, 6.45) is -4.73. The number of aromatic nitrogens is 1. The van der Waals surface area contributed by atoms with Gasteiger partial charge in [0.2, 0.25) is 0 Å². The van der Waals surface area contributed by atoms with Gasteiger partial charge >= 0.3 is 6.18 Å². The number of amides is 1. The molecule has 158 valence electrons. The number of benzene rings is 2. The molecule has 0 saturated heterocycles. The molecule has 11 heteroatoms. The predicted molar refractivity (Wildman–Crippen MR) is 107 cm³/mol. The molecule has 6 nitrogen and oxygen atoms in total. The zero-order chi connectivity index (χ0) is 21.9. The molecule has 0 saturated carbocycles. The van der Waals surface area contributed by atoms with E-state index in [-0.39, 0.29) is 17.2 Å². The molecule has 30 heavy (non-hydrogen) atoms. The molecule has 2 aromatic carbocycles. The quantitative estimate of drug-likeness (QED) is 0.583. The third-order valence-electron chi connectivity index (χ3n) is 4.00. The van der Waals surface area contributed by atoms with Crippen LogP contribution in [0.2, 0.25) is 0 Å². The van der Waals surface area contributed by atoms with Gasteiger partial charge in [0.25, 0.3) is 15.9 Å². The van der Waals surface area contributed by atoms with Crippen LogP contribution in [0.1, 0.15) is 27.2 Å². The van der Waals surface area contributed by atoms with Gasteiger partial charge < -0.3 is 5.32 Å². The number of thiazole rings is 1. The fourth-order valence-corrected chi connectivity index (χ4v) is 4.77. The van der Waals surface area contributed by atoms with Crippen LogP contribution in [0, 0.1) is 6.92 Å². The monoisotopic (exact) mass is 455 g/mol. The lowest BCUT2D eigenvalue weighted by molar-refractivity contribution is -0.137. The van der Waals surface area contributed by atoms with E-state index < -0.39 is 32.6 Å². The number of halogens is 3. The first-order valence-corrected chi connectivity index (χ1v) is 10.9. The Kier molecular flexibility index (Phi) is 6.13. The summed E-state index contributed by atoms with van der Waals surface area (Å²) < 4.78 is 67.3. The molecule has 0 unspecified atom stereocenters. The lowest BCUT2D eigenvalue weighted by Crippen LogP contribution is -2.25. The fourth-order valence-electron chi connectivity index (χ4n) is 2.56. The van der Waals surface area contributed by atoms with Crippen LogP contribution in [0.5, 0.6) is 0 Å². The molecule has 0 aliphatic heterocycles. The third kappa shape index (κ3) is 5.16. The minimum Gasteiger partial charge on any atom is -0.348 e. The Bertz CT molecular complexity index is 1160. The van der Waals surface area contributed by atoms with E-state index in [2.05, 4.69) is 15.0 Å². The number of hydrogen-bond acceptors (Lipinski definition) is 5. The molecular formula is C19H16F3N3O3S2. The molecule has 0 radical (unpaired) electrons. The van der Waals surface area contributed by atoms with Crippen molar-refractivity contribution in [3.63, 3.8) is 0 Å². The molecule has 1 aromatic heterocycles. The van der Waals surface area contributed by atoms with Crippen LogP contribution in [-0.4, -0.2) is 19.3 Å². The van der Waals surface area contributed by atoms with E-state index in [1.54, 1.807) is 42.6 Å². The highest BCUT2D eigenvalue weighted by Crippen LogP contribution is 2.32. The first kappa shape index (κ1) is 21.8. The molecule has 0 spiro atoms. The highest BCUT2D eigenvalue weighted by molar-refractivity contribution is 7.93. The summed E-state index contributed by atoms with van der Waals surface area (Å²) in [5.74, 6) is -0.484. The minimum absolute atomic E-state index is 0.00746. The van der Waals surface area contributed by atoms with E-state index >= 15 is 0 Å². The highest BCUT2D eigenvalue weighted by Gasteiger charge is 2.33. The summed E-state index contributed by atoms with van der Waals surface area (Å²) in [6.45, 7) is 1.38. The number of carbonyl (C=O) groups is 1. The zero-order valence-electron chi connectivity index (χ0n) is 15.5. The molecule has 0 aliphatic carbocycles. The lowest BCUT2D eigenvalue weighted by atomic mass is 10.1. The highest BCUT2D eigenvalue weighted by atomic mass is 32.2. The van der Waals surface area contributed by atoms with Crippen molar-refractivity contribution in [2.24, 2.45) is 0 Å². The Morgan fingerprint density at radius 2 is 1.83 bits per heavy atom. The number of aryl methyl sites for hydroxylation is 1. The number of nitrogens with one attached hydrogen (secondary N) is 2. The smallest absolute Gasteiger partial charge is 0.348 e. The van der Waals surface area contributed by atoms with Crippen molar-refractivity contribution in [2.45, 2.75) is 24.5 Å². The van der Waals surface area contributed by atoms with Gasteiger partial charge in [0.15, 0.2) is 5.13 Å². The van der Waals surface area contributed by atoms with Crippen LogP contribution < -0.4 is 10.0 Å². The molecule has 0 aliphatic rings. The number of carbonyl (C=O) groups excluding carboxylic acids is 1. The summed E-state index contributed by atoms with van der Waals surface area (Å²) in [7, 11) is -4.38. The Morgan fingerprint density at radius 1 is 1.13 bits per heavy atom. The molecule has 0 fully saturated rings. The Labute approximate surface area is 174 Å². The minimum atomic E-state index is -4.73. The van der Waals surface area contributed by atoms with Gasteiger partial charge in [-0.3, -0.25) is 9.52 Å². The van der Waals surface area contributed by atoms with Crippen LogP contribution in [0.3, 0.4) is 0 Å². The van der Waals surface area contributed by atoms with Gasteiger partial charge in [-0.2, -0.15) is 13.2 Å². The Balaban J connectivity index is 1.93. The van der Waals surface area contributed by atoms with Crippen molar-refractivity contribution in [1.82, 2.24) is 10.3 Å². The van der Waals surface area contributed by atoms with Gasteiger partial charge in [0.1, 0.15) is 0 Å². The van der Waals surface area contributed by atoms with Gasteiger partial charge in [-0.25, -0.2) is 13.4 Å². The maximum atomic E-state index is 13.2. The first-order chi connectivity index (χ1) is 14.1. The number of sulfonamides is 1. The van der Waals surface area contributed by atoms with Crippen molar-refractivity contribution in [3.05, 3.63) is 76.3 Å². The Hall–Kier alpha value is -2.92. The third-order valence-corrected chi connectivity index (χ3v) is 6.43. The molecule has 1 heterocycles. The maximum Gasteiger partial charge on any atom is 0.416 e. The molecule has 0 atom stereocenters. The van der Waals surface area contributed by atoms with E-state index in [0.717, 1.165) is 23.5 Å². The normalized spacial score (nSPS) is 11.9. The van der Waals surface area contributed by atoms with Gasteiger partial charge in [-0.05, 0) is 36.8 Å². The Morgan fingerprint density at radius 3 is 2.43 bits per heavy atom. The van der Waals surface area contributed by atoms with E-state index in [4.69, 9.17) is 0 Å². The lowest BCUT2D eigenvalue weighted by Gasteiger charge is -2.15. The second kappa shape index (κ2) is 8.44. The number of hydrogen-bond donors (Lipinski definition) is 2. The molecule has 0 bridgehead atoms. The number of alkyl halides is 3. The molecule has 3 aromatic rings.